The fourth-order valence-corrected chi connectivity index (χ4v) is 0.779. The van der Waals surface area contributed by atoms with Crippen molar-refractivity contribution in [1.29, 1.82) is 0 Å². The number of aryl methyl sites for hydroxylation is 1. The summed E-state index contributed by atoms with van der Waals surface area (Å²) in [6.07, 6.45) is 0. The highest BCUT2D eigenvalue weighted by molar-refractivity contribution is 6.58. The van der Waals surface area contributed by atoms with Crippen LogP contribution in [0.2, 0.25) is 0 Å². The van der Waals surface area contributed by atoms with Crippen LogP contribution in [0.25, 0.3) is 0 Å². The predicted octanol–water partition coefficient (Wildman–Crippen LogP) is -1.37. The number of hydrogen-bond acceptors (Lipinski definition) is 4. The summed E-state index contributed by atoms with van der Waals surface area (Å²) in [5, 5.41) is 17.3. The Hall–Kier alpha value is -1.07. The van der Waals surface area contributed by atoms with E-state index < -0.39 is 12.7 Å². The van der Waals surface area contributed by atoms with Crippen LogP contribution < -0.4 is 11.1 Å². The average molecular weight is 154 g/mol. The molecule has 1 rings (SSSR count). The van der Waals surface area contributed by atoms with Crippen LogP contribution >= 0.6 is 0 Å². The van der Waals surface area contributed by atoms with Crippen molar-refractivity contribution in [2.75, 3.05) is 0 Å². The normalized spacial score (nSPS) is 9.73. The lowest BCUT2D eigenvalue weighted by molar-refractivity contribution is 0.423. The van der Waals surface area contributed by atoms with Gasteiger partial charge in [-0.05, 0) is 18.5 Å². The largest absolute Gasteiger partial charge is 0.488 e. The zero-order valence-electron chi connectivity index (χ0n) is 5.94. The molecule has 0 fully saturated rings. The van der Waals surface area contributed by atoms with E-state index in [1.54, 1.807) is 6.92 Å². The van der Waals surface area contributed by atoms with Crippen LogP contribution in [0.1, 0.15) is 5.76 Å². The molecule has 0 aliphatic heterocycles. The molecule has 58 valence electrons. The maximum Gasteiger partial charge on any atom is 0.488 e. The molecule has 0 aliphatic carbocycles. The standard InChI is InChI=1S/C6H7BO4/c1-4-2-5(7(9)10)3-6(8)11-4/h2-3,9-10H,1H3. The van der Waals surface area contributed by atoms with Gasteiger partial charge in [-0.25, -0.2) is 4.79 Å². The summed E-state index contributed by atoms with van der Waals surface area (Å²) in [5.74, 6) is 0.362. The van der Waals surface area contributed by atoms with Crippen LogP contribution in [0.5, 0.6) is 0 Å². The van der Waals surface area contributed by atoms with Crippen LogP contribution in [0.3, 0.4) is 0 Å². The topological polar surface area (TPSA) is 70.7 Å². The molecule has 0 spiro atoms. The molecule has 0 unspecified atom stereocenters. The van der Waals surface area contributed by atoms with E-state index in [0.717, 1.165) is 6.07 Å². The van der Waals surface area contributed by atoms with Crippen molar-refractivity contribution in [3.05, 3.63) is 28.3 Å². The molecule has 0 aromatic carbocycles. The Bertz CT molecular complexity index is 304. The molecule has 0 amide bonds. The second kappa shape index (κ2) is 2.90. The van der Waals surface area contributed by atoms with Crippen molar-refractivity contribution in [3.8, 4) is 0 Å². The predicted molar refractivity (Wildman–Crippen MR) is 39.5 cm³/mol. The molecule has 4 nitrogen and oxygen atoms in total. The minimum atomic E-state index is -1.61. The molecule has 0 aliphatic rings. The Balaban J connectivity index is 3.19. The van der Waals surface area contributed by atoms with Gasteiger partial charge in [-0.1, -0.05) is 0 Å². The lowest BCUT2D eigenvalue weighted by Gasteiger charge is -1.97. The molecule has 1 heterocycles. The first kappa shape index (κ1) is 8.04. The Labute approximate surface area is 63.2 Å². The smallest absolute Gasteiger partial charge is 0.428 e. The lowest BCUT2D eigenvalue weighted by atomic mass is 9.81. The van der Waals surface area contributed by atoms with Gasteiger partial charge in [0, 0.05) is 6.07 Å². The molecule has 5 heteroatoms. The fourth-order valence-electron chi connectivity index (χ4n) is 0.779. The van der Waals surface area contributed by atoms with Gasteiger partial charge in [0.05, 0.1) is 0 Å². The first-order valence-corrected chi connectivity index (χ1v) is 3.07. The summed E-state index contributed by atoms with van der Waals surface area (Å²) >= 11 is 0. The van der Waals surface area contributed by atoms with E-state index in [2.05, 4.69) is 4.42 Å². The second-order valence-corrected chi connectivity index (χ2v) is 2.19. The fraction of sp³-hybridized carbons (Fsp3) is 0.167. The molecule has 11 heavy (non-hydrogen) atoms. The van der Waals surface area contributed by atoms with E-state index >= 15 is 0 Å². The summed E-state index contributed by atoms with van der Waals surface area (Å²) in [6, 6.07) is 2.43. The van der Waals surface area contributed by atoms with Gasteiger partial charge >= 0.3 is 12.7 Å². The second-order valence-electron chi connectivity index (χ2n) is 2.19. The maximum absolute atomic E-state index is 10.6. The van der Waals surface area contributed by atoms with Crippen LogP contribution in [-0.4, -0.2) is 17.2 Å². The quantitative estimate of drug-likeness (QED) is 0.489. The minimum Gasteiger partial charge on any atom is -0.428 e. The molecule has 1 aromatic rings. The van der Waals surface area contributed by atoms with Gasteiger partial charge in [0.15, 0.2) is 0 Å². The third kappa shape index (κ3) is 1.93. The van der Waals surface area contributed by atoms with E-state index in [4.69, 9.17) is 10.0 Å². The van der Waals surface area contributed by atoms with E-state index in [9.17, 15) is 4.79 Å². The molecule has 1 aromatic heterocycles. The molecular weight excluding hydrogens is 147 g/mol. The summed E-state index contributed by atoms with van der Waals surface area (Å²) in [7, 11) is -1.61. The lowest BCUT2D eigenvalue weighted by Crippen LogP contribution is -2.32. The van der Waals surface area contributed by atoms with E-state index in [1.165, 1.54) is 6.07 Å². The van der Waals surface area contributed by atoms with Crippen LogP contribution in [0.4, 0.5) is 0 Å². The molecule has 0 radical (unpaired) electrons. The van der Waals surface area contributed by atoms with Crippen LogP contribution in [0, 0.1) is 6.92 Å². The third-order valence-corrected chi connectivity index (χ3v) is 1.21. The van der Waals surface area contributed by atoms with Crippen LogP contribution in [-0.2, 0) is 0 Å². The van der Waals surface area contributed by atoms with Crippen molar-refractivity contribution < 1.29 is 14.5 Å². The Morgan fingerprint density at radius 1 is 1.45 bits per heavy atom. The van der Waals surface area contributed by atoms with Gasteiger partial charge in [-0.15, -0.1) is 0 Å². The Morgan fingerprint density at radius 3 is 2.55 bits per heavy atom. The van der Waals surface area contributed by atoms with Crippen molar-refractivity contribution in [2.24, 2.45) is 0 Å². The maximum atomic E-state index is 10.6. The first-order chi connectivity index (χ1) is 5.09. The van der Waals surface area contributed by atoms with Crippen molar-refractivity contribution >= 4 is 12.6 Å². The molecular formula is C6H7BO4. The summed E-state index contributed by atoms with van der Waals surface area (Å²) in [5.41, 5.74) is -0.424. The minimum absolute atomic E-state index is 0.152. The summed E-state index contributed by atoms with van der Waals surface area (Å²) in [4.78, 5) is 10.6. The van der Waals surface area contributed by atoms with E-state index in [-0.39, 0.29) is 5.46 Å². The number of hydrogen-bond donors (Lipinski definition) is 2. The molecule has 0 saturated heterocycles. The third-order valence-electron chi connectivity index (χ3n) is 1.21. The Kier molecular flexibility index (Phi) is 2.12. The van der Waals surface area contributed by atoms with E-state index in [1.807, 2.05) is 0 Å². The highest BCUT2D eigenvalue weighted by atomic mass is 16.4. The van der Waals surface area contributed by atoms with E-state index in [0.29, 0.717) is 5.76 Å². The molecule has 0 saturated carbocycles. The van der Waals surface area contributed by atoms with Crippen molar-refractivity contribution in [3.63, 3.8) is 0 Å². The summed E-state index contributed by atoms with van der Waals surface area (Å²) in [6.45, 7) is 1.56. The zero-order valence-corrected chi connectivity index (χ0v) is 5.94. The SMILES string of the molecule is Cc1cc(B(O)O)cc(=O)o1. The monoisotopic (exact) mass is 154 g/mol. The van der Waals surface area contributed by atoms with Gasteiger partial charge in [0.2, 0.25) is 0 Å². The van der Waals surface area contributed by atoms with Gasteiger partial charge in [0.1, 0.15) is 5.76 Å². The molecule has 0 atom stereocenters. The molecule has 0 bridgehead atoms. The van der Waals surface area contributed by atoms with Gasteiger partial charge < -0.3 is 14.5 Å². The number of rotatable bonds is 1. The Morgan fingerprint density at radius 2 is 2.09 bits per heavy atom. The van der Waals surface area contributed by atoms with Gasteiger partial charge in [-0.2, -0.15) is 0 Å². The zero-order chi connectivity index (χ0) is 8.43. The highest BCUT2D eigenvalue weighted by Gasteiger charge is 2.11. The van der Waals surface area contributed by atoms with Crippen molar-refractivity contribution in [2.45, 2.75) is 6.92 Å². The highest BCUT2D eigenvalue weighted by Crippen LogP contribution is 1.87. The van der Waals surface area contributed by atoms with Crippen LogP contribution in [0.15, 0.2) is 21.3 Å². The van der Waals surface area contributed by atoms with Gasteiger partial charge in [-0.3, -0.25) is 0 Å². The first-order valence-electron chi connectivity index (χ1n) is 3.07. The van der Waals surface area contributed by atoms with Gasteiger partial charge in [0.25, 0.3) is 0 Å². The summed E-state index contributed by atoms with van der Waals surface area (Å²) < 4.78 is 4.59. The molecule has 2 N–H and O–H groups in total. The van der Waals surface area contributed by atoms with Crippen molar-refractivity contribution in [1.82, 2.24) is 0 Å². The average Bonchev–Trinajstić information content (AvgIpc) is 1.85.